The van der Waals surface area contributed by atoms with E-state index in [9.17, 15) is 0 Å². The highest BCUT2D eigenvalue weighted by Gasteiger charge is 2.43. The molecule has 0 aromatic carbocycles. The van der Waals surface area contributed by atoms with E-state index in [1.165, 1.54) is 38.8 Å². The number of rotatable bonds is 4. The lowest BCUT2D eigenvalue weighted by molar-refractivity contribution is -0.00264. The molecular weight excluding hydrogens is 288 g/mol. The molecule has 3 rings (SSSR count). The number of guanidine groups is 1. The van der Waals surface area contributed by atoms with Gasteiger partial charge in [-0.05, 0) is 58.5 Å². The van der Waals surface area contributed by atoms with Crippen molar-refractivity contribution in [3.63, 3.8) is 0 Å². The Morgan fingerprint density at radius 3 is 2.43 bits per heavy atom. The molecule has 132 valence electrons. The van der Waals surface area contributed by atoms with E-state index >= 15 is 0 Å². The van der Waals surface area contributed by atoms with Crippen LogP contribution in [0.15, 0.2) is 4.99 Å². The third-order valence-electron chi connectivity index (χ3n) is 6.38. The Balaban J connectivity index is 1.68. The summed E-state index contributed by atoms with van der Waals surface area (Å²) >= 11 is 0. The molecule has 2 heterocycles. The van der Waals surface area contributed by atoms with Crippen molar-refractivity contribution in [2.24, 2.45) is 10.4 Å². The van der Waals surface area contributed by atoms with Gasteiger partial charge in [0.25, 0.3) is 0 Å². The summed E-state index contributed by atoms with van der Waals surface area (Å²) < 4.78 is 5.58. The highest BCUT2D eigenvalue weighted by Crippen LogP contribution is 2.47. The number of likely N-dealkylation sites (tertiary alicyclic amines) is 1. The molecule has 3 fully saturated rings. The van der Waals surface area contributed by atoms with Crippen molar-refractivity contribution in [2.75, 3.05) is 53.5 Å². The zero-order valence-corrected chi connectivity index (χ0v) is 15.2. The topological polar surface area (TPSA) is 40.1 Å². The number of likely N-dealkylation sites (N-methyl/N-ethyl adjacent to an activating group) is 1. The quantitative estimate of drug-likeness (QED) is 0.634. The number of hydrogen-bond acceptors (Lipinski definition) is 3. The minimum atomic E-state index is 0.160. The molecule has 1 spiro atoms. The summed E-state index contributed by atoms with van der Waals surface area (Å²) in [5.41, 5.74) is 0.779. The molecule has 5 heteroatoms. The molecule has 0 unspecified atom stereocenters. The molecule has 1 saturated carbocycles. The van der Waals surface area contributed by atoms with Crippen LogP contribution in [0.1, 0.15) is 45.4 Å². The van der Waals surface area contributed by atoms with Crippen LogP contribution in [0.25, 0.3) is 0 Å². The summed E-state index contributed by atoms with van der Waals surface area (Å²) in [6.45, 7) is 8.07. The van der Waals surface area contributed by atoms with Gasteiger partial charge < -0.3 is 19.9 Å². The predicted molar refractivity (Wildman–Crippen MR) is 94.9 cm³/mol. The van der Waals surface area contributed by atoms with Crippen LogP contribution in [0.4, 0.5) is 0 Å². The Morgan fingerprint density at radius 1 is 1.17 bits per heavy atom. The first-order chi connectivity index (χ1) is 11.1. The Morgan fingerprint density at radius 2 is 1.91 bits per heavy atom. The zero-order valence-electron chi connectivity index (χ0n) is 15.2. The molecule has 1 N–H and O–H groups in total. The van der Waals surface area contributed by atoms with Crippen molar-refractivity contribution in [1.82, 2.24) is 15.1 Å². The van der Waals surface area contributed by atoms with Crippen LogP contribution in [0.5, 0.6) is 0 Å². The van der Waals surface area contributed by atoms with Crippen LogP contribution in [0.3, 0.4) is 0 Å². The van der Waals surface area contributed by atoms with Gasteiger partial charge in [0.15, 0.2) is 5.96 Å². The summed E-state index contributed by atoms with van der Waals surface area (Å²) in [6.07, 6.45) is 7.76. The molecule has 5 nitrogen and oxygen atoms in total. The third kappa shape index (κ3) is 3.50. The average molecular weight is 322 g/mol. The molecular formula is C18H34N4O. The molecule has 0 atom stereocenters. The van der Waals surface area contributed by atoms with E-state index in [0.717, 1.165) is 45.1 Å². The number of aliphatic imine (C=N–C) groups is 1. The maximum atomic E-state index is 5.58. The van der Waals surface area contributed by atoms with E-state index in [0.29, 0.717) is 5.41 Å². The largest absolute Gasteiger partial charge is 0.381 e. The van der Waals surface area contributed by atoms with Gasteiger partial charge in [0, 0.05) is 38.4 Å². The Bertz CT molecular complexity index is 425. The standard InChI is InChI=1S/C18H34N4O/c1-4-19-16(22-11-8-17(15-22)6-5-7-17)20-14-18(21(2)3)9-12-23-13-10-18/h4-15H2,1-3H3,(H,19,20). The molecule has 0 aromatic rings. The molecule has 2 saturated heterocycles. The van der Waals surface area contributed by atoms with Crippen molar-refractivity contribution in [1.29, 1.82) is 0 Å². The lowest BCUT2D eigenvalue weighted by Gasteiger charge is -2.42. The highest BCUT2D eigenvalue weighted by atomic mass is 16.5. The minimum Gasteiger partial charge on any atom is -0.381 e. The second-order valence-electron chi connectivity index (χ2n) is 7.93. The average Bonchev–Trinajstić information content (AvgIpc) is 2.98. The van der Waals surface area contributed by atoms with Gasteiger partial charge >= 0.3 is 0 Å². The Labute approximate surface area is 141 Å². The Hall–Kier alpha value is -0.810. The summed E-state index contributed by atoms with van der Waals surface area (Å²) in [7, 11) is 4.37. The SMILES string of the molecule is CCNC(=NCC1(N(C)C)CCOCC1)N1CCC2(CCC2)C1. The fourth-order valence-corrected chi connectivity index (χ4v) is 4.35. The van der Waals surface area contributed by atoms with Gasteiger partial charge in [0.2, 0.25) is 0 Å². The van der Waals surface area contributed by atoms with E-state index < -0.39 is 0 Å². The van der Waals surface area contributed by atoms with Crippen LogP contribution in [-0.2, 0) is 4.74 Å². The molecule has 0 bridgehead atoms. The van der Waals surface area contributed by atoms with Crippen LogP contribution in [0, 0.1) is 5.41 Å². The molecule has 0 amide bonds. The van der Waals surface area contributed by atoms with Crippen molar-refractivity contribution in [3.05, 3.63) is 0 Å². The lowest BCUT2D eigenvalue weighted by Crippen LogP contribution is -2.52. The van der Waals surface area contributed by atoms with Gasteiger partial charge in [0.1, 0.15) is 0 Å². The van der Waals surface area contributed by atoms with Gasteiger partial charge in [-0.15, -0.1) is 0 Å². The van der Waals surface area contributed by atoms with E-state index in [4.69, 9.17) is 9.73 Å². The van der Waals surface area contributed by atoms with Crippen molar-refractivity contribution in [3.8, 4) is 0 Å². The van der Waals surface area contributed by atoms with Gasteiger partial charge in [-0.25, -0.2) is 0 Å². The van der Waals surface area contributed by atoms with Crippen molar-refractivity contribution < 1.29 is 4.74 Å². The fourth-order valence-electron chi connectivity index (χ4n) is 4.35. The van der Waals surface area contributed by atoms with Crippen LogP contribution in [0.2, 0.25) is 0 Å². The molecule has 1 aliphatic carbocycles. The zero-order chi connectivity index (χ0) is 16.3. The van der Waals surface area contributed by atoms with Gasteiger partial charge in [-0.1, -0.05) is 6.42 Å². The normalized spacial score (nSPS) is 26.6. The summed E-state index contributed by atoms with van der Waals surface area (Å²) in [6, 6.07) is 0. The van der Waals surface area contributed by atoms with Crippen LogP contribution in [-0.4, -0.2) is 74.8 Å². The Kier molecular flexibility index (Phi) is 5.16. The molecule has 0 radical (unpaired) electrons. The first-order valence-electron chi connectivity index (χ1n) is 9.38. The summed E-state index contributed by atoms with van der Waals surface area (Å²) in [5, 5.41) is 3.53. The molecule has 23 heavy (non-hydrogen) atoms. The van der Waals surface area contributed by atoms with Crippen LogP contribution < -0.4 is 5.32 Å². The van der Waals surface area contributed by atoms with E-state index in [2.05, 4.69) is 36.1 Å². The second-order valence-corrected chi connectivity index (χ2v) is 7.93. The van der Waals surface area contributed by atoms with Crippen LogP contribution >= 0.6 is 0 Å². The first-order valence-corrected chi connectivity index (χ1v) is 9.38. The van der Waals surface area contributed by atoms with E-state index in [1.807, 2.05) is 0 Å². The van der Waals surface area contributed by atoms with Gasteiger partial charge in [0.05, 0.1) is 6.54 Å². The lowest BCUT2D eigenvalue weighted by atomic mass is 9.68. The second kappa shape index (κ2) is 6.98. The first kappa shape index (κ1) is 17.0. The minimum absolute atomic E-state index is 0.160. The summed E-state index contributed by atoms with van der Waals surface area (Å²) in [5.74, 6) is 1.13. The number of ether oxygens (including phenoxy) is 1. The van der Waals surface area contributed by atoms with E-state index in [-0.39, 0.29) is 5.54 Å². The maximum absolute atomic E-state index is 5.58. The van der Waals surface area contributed by atoms with Gasteiger partial charge in [-0.3, -0.25) is 4.99 Å². The van der Waals surface area contributed by atoms with Crippen molar-refractivity contribution in [2.45, 2.75) is 51.0 Å². The molecule has 3 aliphatic rings. The molecule has 0 aromatic heterocycles. The molecule has 2 aliphatic heterocycles. The number of hydrogen-bond donors (Lipinski definition) is 1. The van der Waals surface area contributed by atoms with Crippen molar-refractivity contribution >= 4 is 5.96 Å². The third-order valence-corrected chi connectivity index (χ3v) is 6.38. The predicted octanol–water partition coefficient (Wildman–Crippen LogP) is 1.94. The maximum Gasteiger partial charge on any atom is 0.193 e. The smallest absolute Gasteiger partial charge is 0.193 e. The number of nitrogens with one attached hydrogen (secondary N) is 1. The summed E-state index contributed by atoms with van der Waals surface area (Å²) in [4.78, 5) is 9.94. The highest BCUT2D eigenvalue weighted by molar-refractivity contribution is 5.80. The number of nitrogens with zero attached hydrogens (tertiary/aromatic N) is 3. The van der Waals surface area contributed by atoms with E-state index in [1.54, 1.807) is 0 Å². The monoisotopic (exact) mass is 322 g/mol. The van der Waals surface area contributed by atoms with Gasteiger partial charge in [-0.2, -0.15) is 0 Å². The fraction of sp³-hybridized carbons (Fsp3) is 0.944.